The van der Waals surface area contributed by atoms with Crippen LogP contribution in [0.1, 0.15) is 10.4 Å². The van der Waals surface area contributed by atoms with Gasteiger partial charge < -0.3 is 10.1 Å². The first-order valence-corrected chi connectivity index (χ1v) is 9.33. The van der Waals surface area contributed by atoms with Crippen molar-refractivity contribution in [2.24, 2.45) is 0 Å². The van der Waals surface area contributed by atoms with Crippen LogP contribution < -0.4 is 5.56 Å². The van der Waals surface area contributed by atoms with Crippen molar-refractivity contribution in [3.8, 4) is 22.6 Å². The van der Waals surface area contributed by atoms with Gasteiger partial charge in [-0.1, -0.05) is 30.3 Å². The molecule has 0 unspecified atom stereocenters. The number of phenolic OH excluding ortho intramolecular Hbond substituents is 1. The molecule has 4 nitrogen and oxygen atoms in total. The van der Waals surface area contributed by atoms with Crippen LogP contribution in [0.15, 0.2) is 53.3 Å². The normalized spacial score (nSPS) is 11.2. The Labute approximate surface area is 159 Å². The number of H-pyrrole nitrogens is 1. The third-order valence-corrected chi connectivity index (χ3v) is 5.71. The number of nitrogens with zero attached hydrogens (tertiary/aromatic N) is 1. The second kappa shape index (κ2) is 6.23. The van der Waals surface area contributed by atoms with Crippen molar-refractivity contribution in [3.05, 3.63) is 74.1 Å². The van der Waals surface area contributed by atoms with Gasteiger partial charge in [0.1, 0.15) is 10.6 Å². The van der Waals surface area contributed by atoms with E-state index >= 15 is 0 Å². The monoisotopic (exact) mass is 380 g/mol. The molecule has 0 atom stereocenters. The number of hydrogen-bond acceptors (Lipinski definition) is 4. The molecular weight excluding hydrogens is 364 g/mol. The van der Waals surface area contributed by atoms with Gasteiger partial charge in [-0.2, -0.15) is 0 Å². The number of benzene rings is 2. The van der Waals surface area contributed by atoms with Crippen molar-refractivity contribution in [3.63, 3.8) is 0 Å². The number of aromatic amines is 1. The summed E-state index contributed by atoms with van der Waals surface area (Å²) >= 11 is 7.00. The number of aromatic nitrogens is 2. The van der Waals surface area contributed by atoms with Gasteiger partial charge in [0.2, 0.25) is 0 Å². The topological polar surface area (TPSA) is 58.0 Å². The van der Waals surface area contributed by atoms with E-state index in [2.05, 4.69) is 4.98 Å². The number of rotatable bonds is 2. The van der Waals surface area contributed by atoms with Gasteiger partial charge in [-0.25, -0.2) is 0 Å². The number of aromatic hydroxyl groups is 1. The SMILES string of the molecule is Cc1cc(O)ccc1-n1c(=S)[nH]c2sc(C)c(-c3ccccc3)c2c1=O. The molecule has 26 heavy (non-hydrogen) atoms. The lowest BCUT2D eigenvalue weighted by atomic mass is 10.0. The van der Waals surface area contributed by atoms with Gasteiger partial charge in [-0.15, -0.1) is 11.3 Å². The molecule has 0 radical (unpaired) electrons. The summed E-state index contributed by atoms with van der Waals surface area (Å²) in [4.78, 5) is 18.5. The number of thiophene rings is 1. The van der Waals surface area contributed by atoms with Crippen LogP contribution in [0.25, 0.3) is 27.0 Å². The van der Waals surface area contributed by atoms with Crippen molar-refractivity contribution in [2.75, 3.05) is 0 Å². The molecular formula is C20H16N2O2S2. The molecule has 2 aromatic carbocycles. The van der Waals surface area contributed by atoms with Gasteiger partial charge in [0, 0.05) is 10.4 Å². The zero-order chi connectivity index (χ0) is 18.4. The lowest BCUT2D eigenvalue weighted by Crippen LogP contribution is -2.21. The predicted octanol–water partition coefficient (Wildman–Crippen LogP) is 5.10. The van der Waals surface area contributed by atoms with E-state index in [1.54, 1.807) is 18.2 Å². The summed E-state index contributed by atoms with van der Waals surface area (Å²) in [5.41, 5.74) is 3.23. The average molecular weight is 380 g/mol. The van der Waals surface area contributed by atoms with Gasteiger partial charge >= 0.3 is 0 Å². The maximum absolute atomic E-state index is 13.4. The molecule has 2 N–H and O–H groups in total. The van der Waals surface area contributed by atoms with Gasteiger partial charge in [0.15, 0.2) is 4.77 Å². The number of phenols is 1. The third kappa shape index (κ3) is 2.58. The molecule has 0 fully saturated rings. The van der Waals surface area contributed by atoms with Gasteiger partial charge in [-0.05, 0) is 55.4 Å². The molecule has 0 saturated carbocycles. The van der Waals surface area contributed by atoms with Crippen LogP contribution in [0, 0.1) is 18.6 Å². The largest absolute Gasteiger partial charge is 0.508 e. The molecule has 4 aromatic rings. The van der Waals surface area contributed by atoms with E-state index in [-0.39, 0.29) is 11.3 Å². The summed E-state index contributed by atoms with van der Waals surface area (Å²) in [5.74, 6) is 0.159. The maximum atomic E-state index is 13.4. The average Bonchev–Trinajstić information content (AvgIpc) is 2.93. The van der Waals surface area contributed by atoms with Crippen molar-refractivity contribution in [1.29, 1.82) is 0 Å². The second-order valence-electron chi connectivity index (χ2n) is 6.14. The summed E-state index contributed by atoms with van der Waals surface area (Å²) in [6.45, 7) is 3.86. The maximum Gasteiger partial charge on any atom is 0.268 e. The molecule has 2 aromatic heterocycles. The van der Waals surface area contributed by atoms with E-state index in [0.717, 1.165) is 26.4 Å². The van der Waals surface area contributed by atoms with E-state index in [0.29, 0.717) is 15.8 Å². The molecule has 0 amide bonds. The number of hydrogen-bond donors (Lipinski definition) is 2. The molecule has 4 rings (SSSR count). The highest BCUT2D eigenvalue weighted by Gasteiger charge is 2.18. The van der Waals surface area contributed by atoms with E-state index in [1.165, 1.54) is 15.9 Å². The zero-order valence-corrected chi connectivity index (χ0v) is 15.9. The Balaban J connectivity index is 2.12. The van der Waals surface area contributed by atoms with E-state index < -0.39 is 0 Å². The molecule has 6 heteroatoms. The highest BCUT2D eigenvalue weighted by Crippen LogP contribution is 2.35. The van der Waals surface area contributed by atoms with Crippen LogP contribution in [0.5, 0.6) is 5.75 Å². The fourth-order valence-electron chi connectivity index (χ4n) is 3.26. The Bertz CT molecular complexity index is 1250. The van der Waals surface area contributed by atoms with Crippen LogP contribution in [-0.4, -0.2) is 14.7 Å². The molecule has 130 valence electrons. The van der Waals surface area contributed by atoms with Crippen LogP contribution in [0.3, 0.4) is 0 Å². The Morgan fingerprint density at radius 3 is 2.54 bits per heavy atom. The quantitative estimate of drug-likeness (QED) is 0.476. The summed E-state index contributed by atoms with van der Waals surface area (Å²) in [5, 5.41) is 10.3. The highest BCUT2D eigenvalue weighted by atomic mass is 32.1. The molecule has 0 aliphatic rings. The van der Waals surface area contributed by atoms with E-state index in [4.69, 9.17) is 12.2 Å². The van der Waals surface area contributed by atoms with Crippen molar-refractivity contribution in [2.45, 2.75) is 13.8 Å². The smallest absolute Gasteiger partial charge is 0.268 e. The summed E-state index contributed by atoms with van der Waals surface area (Å²) in [6.07, 6.45) is 0. The first-order chi connectivity index (χ1) is 12.5. The summed E-state index contributed by atoms with van der Waals surface area (Å²) in [7, 11) is 0. The predicted molar refractivity (Wildman–Crippen MR) is 109 cm³/mol. The van der Waals surface area contributed by atoms with Crippen LogP contribution >= 0.6 is 23.6 Å². The first kappa shape index (κ1) is 16.8. The lowest BCUT2D eigenvalue weighted by molar-refractivity contribution is 0.474. The van der Waals surface area contributed by atoms with Crippen LogP contribution in [0.2, 0.25) is 0 Å². The molecule has 0 saturated heterocycles. The lowest BCUT2D eigenvalue weighted by Gasteiger charge is -2.11. The van der Waals surface area contributed by atoms with Crippen molar-refractivity contribution in [1.82, 2.24) is 9.55 Å². The van der Waals surface area contributed by atoms with Gasteiger partial charge in [-0.3, -0.25) is 9.36 Å². The fraction of sp³-hybridized carbons (Fsp3) is 0.100. The third-order valence-electron chi connectivity index (χ3n) is 4.41. The minimum atomic E-state index is -0.152. The Morgan fingerprint density at radius 1 is 1.12 bits per heavy atom. The van der Waals surface area contributed by atoms with Crippen LogP contribution in [-0.2, 0) is 0 Å². The van der Waals surface area contributed by atoms with Gasteiger partial charge in [0.25, 0.3) is 5.56 Å². The standard InChI is InChI=1S/C20H16N2O2S2/c1-11-10-14(23)8-9-15(11)22-19(24)17-16(13-6-4-3-5-7-13)12(2)26-18(17)21-20(22)25/h3-10,23H,1-2H3,(H,21,25). The Kier molecular flexibility index (Phi) is 4.01. The Hall–Kier alpha value is -2.70. The molecule has 2 heterocycles. The molecule has 0 aliphatic heterocycles. The zero-order valence-electron chi connectivity index (χ0n) is 14.2. The summed E-state index contributed by atoms with van der Waals surface area (Å²) in [6, 6.07) is 14.8. The number of aryl methyl sites for hydroxylation is 2. The Morgan fingerprint density at radius 2 is 1.85 bits per heavy atom. The van der Waals surface area contributed by atoms with Crippen molar-refractivity contribution >= 4 is 33.8 Å². The minimum absolute atomic E-state index is 0.152. The van der Waals surface area contributed by atoms with Crippen LogP contribution in [0.4, 0.5) is 0 Å². The van der Waals surface area contributed by atoms with E-state index in [1.807, 2.05) is 44.2 Å². The van der Waals surface area contributed by atoms with Crippen molar-refractivity contribution < 1.29 is 5.11 Å². The molecule has 0 bridgehead atoms. The molecule has 0 spiro atoms. The number of nitrogens with one attached hydrogen (secondary N) is 1. The summed E-state index contributed by atoms with van der Waals surface area (Å²) < 4.78 is 1.85. The minimum Gasteiger partial charge on any atom is -0.508 e. The highest BCUT2D eigenvalue weighted by molar-refractivity contribution is 7.71. The second-order valence-corrected chi connectivity index (χ2v) is 7.76. The fourth-order valence-corrected chi connectivity index (χ4v) is 4.67. The number of fused-ring (bicyclic) bond motifs is 1. The molecule has 0 aliphatic carbocycles. The van der Waals surface area contributed by atoms with Gasteiger partial charge in [0.05, 0.1) is 11.1 Å². The first-order valence-electron chi connectivity index (χ1n) is 8.11. The van der Waals surface area contributed by atoms with E-state index in [9.17, 15) is 9.90 Å².